The Morgan fingerprint density at radius 3 is 1.12 bits per heavy atom. The Balaban J connectivity index is 0.000000593. The van der Waals surface area contributed by atoms with Crippen LogP contribution >= 0.6 is 13.4 Å². The number of hydrogen-bond donors (Lipinski definition) is 2. The molecule has 0 aliphatic heterocycles. The van der Waals surface area contributed by atoms with Gasteiger partial charge in [-0.3, -0.25) is 0 Å². The van der Waals surface area contributed by atoms with E-state index in [2.05, 4.69) is 0 Å². The SMILES string of the molecule is CCOP(=S)(OCC)OP(=S)(OCC)OCC.Oc1ccc(O)cc1. The van der Waals surface area contributed by atoms with Gasteiger partial charge in [-0.2, -0.15) is 0 Å². The zero-order valence-electron chi connectivity index (χ0n) is 14.8. The van der Waals surface area contributed by atoms with E-state index >= 15 is 0 Å². The topological polar surface area (TPSA) is 86.6 Å². The fourth-order valence-corrected chi connectivity index (χ4v) is 7.75. The molecule has 0 unspecified atom stereocenters. The zero-order valence-corrected chi connectivity index (χ0v) is 18.2. The van der Waals surface area contributed by atoms with Gasteiger partial charge in [0.15, 0.2) is 0 Å². The highest BCUT2D eigenvalue weighted by molar-refractivity contribution is 8.14. The van der Waals surface area contributed by atoms with Crippen molar-refractivity contribution in [2.24, 2.45) is 0 Å². The Labute approximate surface area is 159 Å². The second kappa shape index (κ2) is 13.1. The third kappa shape index (κ3) is 11.3. The van der Waals surface area contributed by atoms with Gasteiger partial charge in [0.2, 0.25) is 0 Å². The van der Waals surface area contributed by atoms with Crippen LogP contribution in [0.15, 0.2) is 24.3 Å². The predicted molar refractivity (Wildman–Crippen MR) is 106 cm³/mol. The number of benzene rings is 1. The van der Waals surface area contributed by atoms with Crippen molar-refractivity contribution in [1.82, 2.24) is 0 Å². The molecule has 146 valence electrons. The van der Waals surface area contributed by atoms with E-state index in [9.17, 15) is 0 Å². The molecular formula is C14H26O7P2S2. The molecule has 0 aliphatic carbocycles. The average molecular weight is 432 g/mol. The van der Waals surface area contributed by atoms with Crippen molar-refractivity contribution in [3.05, 3.63) is 24.3 Å². The first-order chi connectivity index (χ1) is 11.7. The Kier molecular flexibility index (Phi) is 13.1. The maximum Gasteiger partial charge on any atom is 0.334 e. The van der Waals surface area contributed by atoms with Crippen LogP contribution in [0, 0.1) is 0 Å². The number of hydrogen-bond acceptors (Lipinski definition) is 9. The second-order valence-electron chi connectivity index (χ2n) is 4.16. The Morgan fingerprint density at radius 1 is 0.680 bits per heavy atom. The van der Waals surface area contributed by atoms with Crippen LogP contribution in [0.2, 0.25) is 0 Å². The number of aromatic hydroxyl groups is 2. The fourth-order valence-electron chi connectivity index (χ4n) is 1.38. The molecule has 0 amide bonds. The zero-order chi connectivity index (χ0) is 19.3. The number of phenolic OH excluding ortho intramolecular Hbond substituents is 2. The quantitative estimate of drug-likeness (QED) is 0.404. The standard InChI is InChI=1S/C8H20O5P2S2.C6H6O2/c1-5-9-14(16,10-6-2)13-15(17,11-7-3)12-8-4;7-5-1-2-6(8)4-3-5/h5-8H2,1-4H3;1-4,7-8H. The molecule has 0 radical (unpaired) electrons. The van der Waals surface area contributed by atoms with Crippen LogP contribution in [0.1, 0.15) is 27.7 Å². The Bertz CT molecular complexity index is 500. The molecule has 0 saturated heterocycles. The van der Waals surface area contributed by atoms with Crippen LogP contribution in [0.5, 0.6) is 11.5 Å². The monoisotopic (exact) mass is 432 g/mol. The van der Waals surface area contributed by atoms with Crippen molar-refractivity contribution in [1.29, 1.82) is 0 Å². The number of rotatable bonds is 10. The summed E-state index contributed by atoms with van der Waals surface area (Å²) < 4.78 is 26.9. The summed E-state index contributed by atoms with van der Waals surface area (Å²) in [5, 5.41) is 17.3. The van der Waals surface area contributed by atoms with Gasteiger partial charge in [0.25, 0.3) is 0 Å². The summed E-state index contributed by atoms with van der Waals surface area (Å²) in [7, 11) is 0. The van der Waals surface area contributed by atoms with Gasteiger partial charge < -0.3 is 28.3 Å². The van der Waals surface area contributed by atoms with E-state index < -0.39 is 13.4 Å². The molecule has 1 rings (SSSR count). The van der Waals surface area contributed by atoms with Crippen molar-refractivity contribution in [2.45, 2.75) is 27.7 Å². The summed E-state index contributed by atoms with van der Waals surface area (Å²) >= 11 is 10.4. The van der Waals surface area contributed by atoms with E-state index in [0.717, 1.165) is 0 Å². The van der Waals surface area contributed by atoms with Crippen LogP contribution in [0.25, 0.3) is 0 Å². The molecule has 0 spiro atoms. The summed E-state index contributed by atoms with van der Waals surface area (Å²) in [5.41, 5.74) is 0. The molecule has 0 atom stereocenters. The second-order valence-corrected chi connectivity index (χ2v) is 10.3. The molecule has 1 aromatic rings. The van der Waals surface area contributed by atoms with Crippen molar-refractivity contribution in [3.63, 3.8) is 0 Å². The summed E-state index contributed by atoms with van der Waals surface area (Å²) in [6.07, 6.45) is 0. The van der Waals surface area contributed by atoms with Crippen molar-refractivity contribution >= 4 is 37.1 Å². The molecule has 11 heteroatoms. The molecule has 7 nitrogen and oxygen atoms in total. The molecule has 1 aromatic carbocycles. The Hall–Kier alpha value is -0.0800. The molecule has 0 aromatic heterocycles. The maximum absolute atomic E-state index is 8.65. The van der Waals surface area contributed by atoms with Gasteiger partial charge >= 0.3 is 13.4 Å². The first kappa shape index (κ1) is 24.9. The molecule has 0 fully saturated rings. The maximum atomic E-state index is 8.65. The smallest absolute Gasteiger partial charge is 0.334 e. The highest BCUT2D eigenvalue weighted by Gasteiger charge is 2.31. The van der Waals surface area contributed by atoms with E-state index in [1.807, 2.05) is 27.7 Å². The van der Waals surface area contributed by atoms with Crippen LogP contribution in [-0.2, 0) is 46.0 Å². The van der Waals surface area contributed by atoms with Crippen LogP contribution < -0.4 is 0 Å². The lowest BCUT2D eigenvalue weighted by Gasteiger charge is -2.27. The van der Waals surface area contributed by atoms with E-state index in [1.54, 1.807) is 0 Å². The largest absolute Gasteiger partial charge is 0.508 e. The molecule has 0 bridgehead atoms. The van der Waals surface area contributed by atoms with Gasteiger partial charge in [0.05, 0.1) is 26.4 Å². The third-order valence-electron chi connectivity index (χ3n) is 2.20. The van der Waals surface area contributed by atoms with E-state index in [1.165, 1.54) is 24.3 Å². The van der Waals surface area contributed by atoms with Crippen LogP contribution in [-0.4, -0.2) is 36.6 Å². The van der Waals surface area contributed by atoms with Crippen LogP contribution in [0.4, 0.5) is 0 Å². The van der Waals surface area contributed by atoms with Gasteiger partial charge in [-0.15, -0.1) is 0 Å². The van der Waals surface area contributed by atoms with E-state index in [4.69, 9.17) is 56.2 Å². The minimum atomic E-state index is -2.87. The molecule has 25 heavy (non-hydrogen) atoms. The fraction of sp³-hybridized carbons (Fsp3) is 0.571. The highest BCUT2D eigenvalue weighted by atomic mass is 32.5. The number of phenols is 2. The lowest BCUT2D eigenvalue weighted by molar-refractivity contribution is 0.176. The molecule has 0 heterocycles. The minimum absolute atomic E-state index is 0.169. The van der Waals surface area contributed by atoms with Crippen molar-refractivity contribution in [2.75, 3.05) is 26.4 Å². The normalized spacial score (nSPS) is 11.7. The summed E-state index contributed by atoms with van der Waals surface area (Å²) in [4.78, 5) is 0. The summed E-state index contributed by atoms with van der Waals surface area (Å²) in [5.74, 6) is 0.339. The average Bonchev–Trinajstić information content (AvgIpc) is 2.51. The third-order valence-corrected chi connectivity index (χ3v) is 8.56. The van der Waals surface area contributed by atoms with Crippen molar-refractivity contribution in [3.8, 4) is 11.5 Å². The minimum Gasteiger partial charge on any atom is -0.508 e. The molecule has 2 N–H and O–H groups in total. The van der Waals surface area contributed by atoms with Gasteiger partial charge in [0, 0.05) is 0 Å². The van der Waals surface area contributed by atoms with Gasteiger partial charge in [-0.25, -0.2) is 4.31 Å². The molecule has 0 saturated carbocycles. The summed E-state index contributed by atoms with van der Waals surface area (Å²) in [6.45, 7) is 3.09. The lowest BCUT2D eigenvalue weighted by Crippen LogP contribution is -2.03. The van der Waals surface area contributed by atoms with Gasteiger partial charge in [0.1, 0.15) is 11.5 Å². The summed E-state index contributed by atoms with van der Waals surface area (Å²) in [6, 6.07) is 5.70. The van der Waals surface area contributed by atoms with E-state index in [0.29, 0.717) is 26.4 Å². The van der Waals surface area contributed by atoms with Gasteiger partial charge in [-0.05, 0) is 75.6 Å². The van der Waals surface area contributed by atoms with Gasteiger partial charge in [-0.1, -0.05) is 0 Å². The van der Waals surface area contributed by atoms with Crippen molar-refractivity contribution < 1.29 is 32.6 Å². The molecular weight excluding hydrogens is 406 g/mol. The van der Waals surface area contributed by atoms with Crippen LogP contribution in [0.3, 0.4) is 0 Å². The van der Waals surface area contributed by atoms with E-state index in [-0.39, 0.29) is 11.5 Å². The first-order valence-corrected chi connectivity index (χ1v) is 12.8. The highest BCUT2D eigenvalue weighted by Crippen LogP contribution is 2.66. The molecule has 0 aliphatic rings. The Morgan fingerprint density at radius 2 is 0.920 bits per heavy atom. The first-order valence-electron chi connectivity index (χ1n) is 7.71. The predicted octanol–water partition coefficient (Wildman–Crippen LogP) is 4.70. The lowest BCUT2D eigenvalue weighted by atomic mass is 10.3.